The molecule has 168 valence electrons. The maximum absolute atomic E-state index is 13.7. The third-order valence-corrected chi connectivity index (χ3v) is 5.90. The van der Waals surface area contributed by atoms with Crippen molar-refractivity contribution in [1.82, 2.24) is 19.4 Å². The summed E-state index contributed by atoms with van der Waals surface area (Å²) in [6, 6.07) is 9.91. The average molecular weight is 446 g/mol. The summed E-state index contributed by atoms with van der Waals surface area (Å²) in [6.07, 6.45) is 6.35. The summed E-state index contributed by atoms with van der Waals surface area (Å²) in [6.45, 7) is 1.32. The van der Waals surface area contributed by atoms with E-state index >= 15 is 0 Å². The lowest BCUT2D eigenvalue weighted by molar-refractivity contribution is 0.100. The predicted octanol–water partition coefficient (Wildman–Crippen LogP) is 3.41. The van der Waals surface area contributed by atoms with Gasteiger partial charge in [-0.3, -0.25) is 9.20 Å². The van der Waals surface area contributed by atoms with Crippen LogP contribution in [0.5, 0.6) is 0 Å². The van der Waals surface area contributed by atoms with E-state index in [2.05, 4.69) is 15.2 Å². The lowest BCUT2D eigenvalue weighted by Gasteiger charge is -2.21. The number of pyridine rings is 1. The van der Waals surface area contributed by atoms with Crippen LogP contribution >= 0.6 is 0 Å². The van der Waals surface area contributed by atoms with Crippen molar-refractivity contribution < 1.29 is 9.18 Å². The number of anilines is 2. The highest BCUT2D eigenvalue weighted by atomic mass is 19.1. The minimum atomic E-state index is -0.521. The number of primary amides is 1. The Morgan fingerprint density at radius 1 is 1.21 bits per heavy atom. The van der Waals surface area contributed by atoms with E-state index in [0.29, 0.717) is 35.1 Å². The van der Waals surface area contributed by atoms with Crippen molar-refractivity contribution >= 4 is 23.1 Å². The normalized spacial score (nSPS) is 13.6. The van der Waals surface area contributed by atoms with Crippen molar-refractivity contribution in [3.05, 3.63) is 71.3 Å². The van der Waals surface area contributed by atoms with E-state index in [9.17, 15) is 9.18 Å². The van der Waals surface area contributed by atoms with Gasteiger partial charge in [0.15, 0.2) is 11.6 Å². The number of benzene rings is 1. The first-order valence-corrected chi connectivity index (χ1v) is 10.9. The molecule has 1 amide bonds. The molecule has 0 spiro atoms. The van der Waals surface area contributed by atoms with Crippen molar-refractivity contribution in [2.75, 3.05) is 23.8 Å². The Morgan fingerprint density at radius 2 is 2.09 bits per heavy atom. The minimum absolute atomic E-state index is 0.273. The van der Waals surface area contributed by atoms with Crippen LogP contribution in [0.3, 0.4) is 0 Å². The second kappa shape index (κ2) is 8.50. The van der Waals surface area contributed by atoms with Crippen LogP contribution in [0, 0.1) is 5.82 Å². The number of rotatable bonds is 5. The average Bonchev–Trinajstić information content (AvgIpc) is 3.15. The molecule has 4 heterocycles. The number of nitrogens with one attached hydrogen (secondary N) is 1. The summed E-state index contributed by atoms with van der Waals surface area (Å²) in [7, 11) is 2.02. The second-order valence-corrected chi connectivity index (χ2v) is 8.18. The van der Waals surface area contributed by atoms with Gasteiger partial charge in [-0.05, 0) is 49.1 Å². The quantitative estimate of drug-likeness (QED) is 0.488. The molecule has 0 fully saturated rings. The number of nitrogens with two attached hydrogens (primary N) is 1. The molecule has 0 unspecified atom stereocenters. The van der Waals surface area contributed by atoms with Crippen LogP contribution in [-0.4, -0.2) is 38.9 Å². The van der Waals surface area contributed by atoms with Gasteiger partial charge in [-0.2, -0.15) is 0 Å². The van der Waals surface area contributed by atoms with E-state index in [1.54, 1.807) is 28.8 Å². The van der Waals surface area contributed by atoms with Crippen LogP contribution in [0.2, 0.25) is 0 Å². The predicted molar refractivity (Wildman–Crippen MR) is 125 cm³/mol. The van der Waals surface area contributed by atoms with Crippen LogP contribution in [0.4, 0.5) is 16.0 Å². The highest BCUT2D eigenvalue weighted by Gasteiger charge is 2.23. The van der Waals surface area contributed by atoms with Gasteiger partial charge in [0.1, 0.15) is 17.5 Å². The Hall–Kier alpha value is -4.01. The maximum Gasteiger partial charge on any atom is 0.250 e. The molecule has 0 saturated heterocycles. The number of amides is 1. The Morgan fingerprint density at radius 3 is 2.91 bits per heavy atom. The largest absolute Gasteiger partial charge is 0.366 e. The van der Waals surface area contributed by atoms with Crippen LogP contribution in [0.1, 0.15) is 34.3 Å². The summed E-state index contributed by atoms with van der Waals surface area (Å²) >= 11 is 0. The van der Waals surface area contributed by atoms with Gasteiger partial charge in [-0.1, -0.05) is 12.1 Å². The van der Waals surface area contributed by atoms with Gasteiger partial charge < -0.3 is 16.0 Å². The topological polar surface area (TPSA) is 101 Å². The van der Waals surface area contributed by atoms with Crippen molar-refractivity contribution in [3.8, 4) is 11.6 Å². The second-order valence-electron chi connectivity index (χ2n) is 8.18. The summed E-state index contributed by atoms with van der Waals surface area (Å²) in [5.41, 5.74) is 8.37. The molecule has 3 N–H and O–H groups in total. The van der Waals surface area contributed by atoms with Gasteiger partial charge >= 0.3 is 0 Å². The first-order valence-electron chi connectivity index (χ1n) is 10.9. The molecule has 1 aromatic carbocycles. The molecule has 0 radical (unpaired) electrons. The van der Waals surface area contributed by atoms with Crippen LogP contribution < -0.4 is 16.0 Å². The van der Waals surface area contributed by atoms with Gasteiger partial charge in [-0.25, -0.2) is 19.3 Å². The fraction of sp³-hybridized carbons (Fsp3) is 0.250. The monoisotopic (exact) mass is 445 g/mol. The number of carbonyl (C=O) groups is 1. The van der Waals surface area contributed by atoms with Crippen molar-refractivity contribution in [2.24, 2.45) is 5.73 Å². The Balaban J connectivity index is 1.61. The lowest BCUT2D eigenvalue weighted by Crippen LogP contribution is -2.21. The molecule has 4 aromatic rings. The number of carbonyl (C=O) groups excluding carboxylic acids is 1. The fourth-order valence-electron chi connectivity index (χ4n) is 4.25. The zero-order valence-corrected chi connectivity index (χ0v) is 18.3. The van der Waals surface area contributed by atoms with Crippen LogP contribution in [0.15, 0.2) is 48.8 Å². The van der Waals surface area contributed by atoms with Gasteiger partial charge in [0.25, 0.3) is 5.91 Å². The summed E-state index contributed by atoms with van der Waals surface area (Å²) < 4.78 is 15.4. The molecule has 1 aliphatic heterocycles. The van der Waals surface area contributed by atoms with E-state index in [-0.39, 0.29) is 5.82 Å². The standard InChI is InChI=1S/C24H24FN7O/c1-31-10-3-2-8-18-21(27-13-15-6-4-7-16(25)12-15)29-22(30-23(18)31)24-28-14-19-17(20(26)33)9-5-11-32(19)24/h4-7,9,11-12,14H,2-3,8,10,13H2,1H3,(H2,26,33)(H,27,29,30). The number of aromatic nitrogens is 4. The Kier molecular flexibility index (Phi) is 5.37. The zero-order valence-electron chi connectivity index (χ0n) is 18.3. The molecule has 33 heavy (non-hydrogen) atoms. The van der Waals surface area contributed by atoms with E-state index in [0.717, 1.165) is 42.8 Å². The molecular formula is C24H24FN7O. The van der Waals surface area contributed by atoms with Gasteiger partial charge in [0, 0.05) is 31.9 Å². The van der Waals surface area contributed by atoms with E-state index in [1.807, 2.05) is 19.3 Å². The summed E-state index contributed by atoms with van der Waals surface area (Å²) in [5.74, 6) is 1.71. The molecule has 0 aliphatic carbocycles. The number of imidazole rings is 1. The number of halogens is 1. The van der Waals surface area contributed by atoms with Crippen molar-refractivity contribution in [2.45, 2.75) is 25.8 Å². The van der Waals surface area contributed by atoms with Gasteiger partial charge in [-0.15, -0.1) is 0 Å². The molecule has 0 bridgehead atoms. The number of hydrogen-bond donors (Lipinski definition) is 2. The van der Waals surface area contributed by atoms with Crippen molar-refractivity contribution in [3.63, 3.8) is 0 Å². The molecule has 3 aromatic heterocycles. The lowest BCUT2D eigenvalue weighted by atomic mass is 10.1. The molecule has 0 atom stereocenters. The third-order valence-electron chi connectivity index (χ3n) is 5.90. The van der Waals surface area contributed by atoms with Crippen molar-refractivity contribution in [1.29, 1.82) is 0 Å². The Bertz CT molecular complexity index is 1350. The molecular weight excluding hydrogens is 421 g/mol. The van der Waals surface area contributed by atoms with E-state index in [4.69, 9.17) is 15.7 Å². The van der Waals surface area contributed by atoms with Gasteiger partial charge in [0.2, 0.25) is 0 Å². The van der Waals surface area contributed by atoms with E-state index < -0.39 is 5.91 Å². The first kappa shape index (κ1) is 20.9. The number of fused-ring (bicyclic) bond motifs is 2. The number of hydrogen-bond acceptors (Lipinski definition) is 6. The molecule has 8 nitrogen and oxygen atoms in total. The van der Waals surface area contributed by atoms with E-state index in [1.165, 1.54) is 12.1 Å². The number of nitrogens with zero attached hydrogens (tertiary/aromatic N) is 5. The fourth-order valence-corrected chi connectivity index (χ4v) is 4.25. The molecule has 5 rings (SSSR count). The van der Waals surface area contributed by atoms with Crippen LogP contribution in [-0.2, 0) is 13.0 Å². The zero-order chi connectivity index (χ0) is 22.9. The third kappa shape index (κ3) is 3.97. The Labute approximate surface area is 190 Å². The minimum Gasteiger partial charge on any atom is -0.366 e. The van der Waals surface area contributed by atoms with Gasteiger partial charge in [0.05, 0.1) is 17.3 Å². The first-order chi connectivity index (χ1) is 16.0. The highest BCUT2D eigenvalue weighted by Crippen LogP contribution is 2.32. The summed E-state index contributed by atoms with van der Waals surface area (Å²) in [4.78, 5) is 28.2. The van der Waals surface area contributed by atoms with Crippen LogP contribution in [0.25, 0.3) is 17.2 Å². The highest BCUT2D eigenvalue weighted by molar-refractivity contribution is 5.99. The molecule has 0 saturated carbocycles. The maximum atomic E-state index is 13.7. The molecule has 9 heteroatoms. The molecule has 1 aliphatic rings. The smallest absolute Gasteiger partial charge is 0.250 e. The SMILES string of the molecule is CN1CCCCc2c(NCc3cccc(F)c3)nc(-c3ncc4c(C(N)=O)cccn34)nc21. The summed E-state index contributed by atoms with van der Waals surface area (Å²) in [5, 5.41) is 3.39.